The van der Waals surface area contributed by atoms with Crippen LogP contribution in [0.5, 0.6) is 5.75 Å². The second-order valence-electron chi connectivity index (χ2n) is 5.92. The van der Waals surface area contributed by atoms with Gasteiger partial charge in [0.15, 0.2) is 0 Å². The van der Waals surface area contributed by atoms with Crippen LogP contribution in [-0.2, 0) is 0 Å². The standard InChI is InChI=1S/C18H27NO/c1-14(15(2)16-7-5-4-6-8-16)13-19-17-9-11-18(20-3)12-10-17/h9-12,14,16,19H,2,4-8,13H2,1,3H3. The van der Waals surface area contributed by atoms with E-state index in [4.69, 9.17) is 4.74 Å². The summed E-state index contributed by atoms with van der Waals surface area (Å²) >= 11 is 0. The molecular formula is C18H27NO. The van der Waals surface area contributed by atoms with Gasteiger partial charge in [-0.1, -0.05) is 38.3 Å². The minimum absolute atomic E-state index is 0.528. The first kappa shape index (κ1) is 15.0. The maximum absolute atomic E-state index is 5.17. The van der Waals surface area contributed by atoms with E-state index in [1.54, 1.807) is 7.11 Å². The van der Waals surface area contributed by atoms with E-state index in [0.717, 1.165) is 23.9 Å². The predicted molar refractivity (Wildman–Crippen MR) is 86.4 cm³/mol. The Morgan fingerprint density at radius 2 is 1.90 bits per heavy atom. The molecule has 0 bridgehead atoms. The van der Waals surface area contributed by atoms with Crippen molar-refractivity contribution in [2.24, 2.45) is 11.8 Å². The molecule has 20 heavy (non-hydrogen) atoms. The summed E-state index contributed by atoms with van der Waals surface area (Å²) in [6.45, 7) is 7.60. The highest BCUT2D eigenvalue weighted by atomic mass is 16.5. The molecule has 1 aromatic rings. The third-order valence-electron chi connectivity index (χ3n) is 4.46. The van der Waals surface area contributed by atoms with Crippen LogP contribution in [0.25, 0.3) is 0 Å². The number of benzene rings is 1. The first-order valence-electron chi connectivity index (χ1n) is 7.77. The van der Waals surface area contributed by atoms with Crippen LogP contribution in [-0.4, -0.2) is 13.7 Å². The number of methoxy groups -OCH3 is 1. The van der Waals surface area contributed by atoms with E-state index in [0.29, 0.717) is 5.92 Å². The molecule has 0 amide bonds. The molecule has 1 fully saturated rings. The van der Waals surface area contributed by atoms with Crippen LogP contribution in [0.3, 0.4) is 0 Å². The number of anilines is 1. The SMILES string of the molecule is C=C(C(C)CNc1ccc(OC)cc1)C1CCCCC1. The molecule has 1 aliphatic carbocycles. The summed E-state index contributed by atoms with van der Waals surface area (Å²) in [7, 11) is 1.69. The van der Waals surface area contributed by atoms with Gasteiger partial charge >= 0.3 is 0 Å². The van der Waals surface area contributed by atoms with Crippen LogP contribution in [0.15, 0.2) is 36.4 Å². The van der Waals surface area contributed by atoms with Gasteiger partial charge < -0.3 is 10.1 Å². The Morgan fingerprint density at radius 3 is 2.50 bits per heavy atom. The Morgan fingerprint density at radius 1 is 1.25 bits per heavy atom. The van der Waals surface area contributed by atoms with Gasteiger partial charge in [-0.25, -0.2) is 0 Å². The summed E-state index contributed by atoms with van der Waals surface area (Å²) in [6, 6.07) is 8.11. The molecule has 1 saturated carbocycles. The van der Waals surface area contributed by atoms with Crippen molar-refractivity contribution in [3.8, 4) is 5.75 Å². The summed E-state index contributed by atoms with van der Waals surface area (Å²) in [5.74, 6) is 2.17. The number of hydrogen-bond acceptors (Lipinski definition) is 2. The molecule has 1 aliphatic rings. The van der Waals surface area contributed by atoms with Crippen molar-refractivity contribution >= 4 is 5.69 Å². The van der Waals surface area contributed by atoms with E-state index in [1.807, 2.05) is 12.1 Å². The van der Waals surface area contributed by atoms with Crippen LogP contribution in [0, 0.1) is 11.8 Å². The Hall–Kier alpha value is -1.44. The second-order valence-corrected chi connectivity index (χ2v) is 5.92. The molecular weight excluding hydrogens is 246 g/mol. The minimum Gasteiger partial charge on any atom is -0.497 e. The fourth-order valence-electron chi connectivity index (χ4n) is 2.99. The molecule has 2 heteroatoms. The monoisotopic (exact) mass is 273 g/mol. The zero-order valence-electron chi connectivity index (χ0n) is 12.8. The molecule has 0 aliphatic heterocycles. The summed E-state index contributed by atoms with van der Waals surface area (Å²) < 4.78 is 5.17. The average molecular weight is 273 g/mol. The van der Waals surface area contributed by atoms with Gasteiger partial charge in [-0.3, -0.25) is 0 Å². The van der Waals surface area contributed by atoms with E-state index < -0.39 is 0 Å². The smallest absolute Gasteiger partial charge is 0.119 e. The quantitative estimate of drug-likeness (QED) is 0.746. The maximum atomic E-state index is 5.17. The highest BCUT2D eigenvalue weighted by Crippen LogP contribution is 2.32. The lowest BCUT2D eigenvalue weighted by Crippen LogP contribution is -2.19. The van der Waals surface area contributed by atoms with Crippen molar-refractivity contribution < 1.29 is 4.74 Å². The largest absolute Gasteiger partial charge is 0.497 e. The molecule has 2 nitrogen and oxygen atoms in total. The Bertz CT molecular complexity index is 418. The van der Waals surface area contributed by atoms with Crippen LogP contribution in [0.2, 0.25) is 0 Å². The zero-order valence-corrected chi connectivity index (χ0v) is 12.8. The topological polar surface area (TPSA) is 21.3 Å². The predicted octanol–water partition coefficient (Wildman–Crippen LogP) is 4.88. The molecule has 0 spiro atoms. The van der Waals surface area contributed by atoms with Gasteiger partial charge in [-0.2, -0.15) is 0 Å². The molecule has 1 unspecified atom stereocenters. The lowest BCUT2D eigenvalue weighted by atomic mass is 9.80. The lowest BCUT2D eigenvalue weighted by molar-refractivity contribution is 0.380. The third-order valence-corrected chi connectivity index (χ3v) is 4.46. The maximum Gasteiger partial charge on any atom is 0.119 e. The normalized spacial score (nSPS) is 17.5. The van der Waals surface area contributed by atoms with Gasteiger partial charge in [0.2, 0.25) is 0 Å². The summed E-state index contributed by atoms with van der Waals surface area (Å²) in [5.41, 5.74) is 2.58. The molecule has 1 aromatic carbocycles. The zero-order chi connectivity index (χ0) is 14.4. The van der Waals surface area contributed by atoms with Gasteiger partial charge in [-0.05, 0) is 48.9 Å². The van der Waals surface area contributed by atoms with Crippen molar-refractivity contribution in [3.63, 3.8) is 0 Å². The highest BCUT2D eigenvalue weighted by molar-refractivity contribution is 5.46. The van der Waals surface area contributed by atoms with E-state index in [1.165, 1.54) is 37.7 Å². The Balaban J connectivity index is 1.81. The van der Waals surface area contributed by atoms with E-state index >= 15 is 0 Å². The first-order chi connectivity index (χ1) is 9.70. The first-order valence-corrected chi connectivity index (χ1v) is 7.77. The molecule has 0 saturated heterocycles. The van der Waals surface area contributed by atoms with Gasteiger partial charge in [0, 0.05) is 12.2 Å². The van der Waals surface area contributed by atoms with Gasteiger partial charge in [0.05, 0.1) is 7.11 Å². The minimum atomic E-state index is 0.528. The van der Waals surface area contributed by atoms with Crippen LogP contribution in [0.1, 0.15) is 39.0 Å². The van der Waals surface area contributed by atoms with E-state index in [2.05, 4.69) is 31.0 Å². The molecule has 110 valence electrons. The van der Waals surface area contributed by atoms with Gasteiger partial charge in [0.25, 0.3) is 0 Å². The second kappa shape index (κ2) is 7.37. The molecule has 0 heterocycles. The third kappa shape index (κ3) is 4.03. The summed E-state index contributed by atoms with van der Waals surface area (Å²) in [5, 5.41) is 3.50. The molecule has 1 atom stereocenters. The molecule has 2 rings (SSSR count). The molecule has 0 aromatic heterocycles. The molecule has 1 N–H and O–H groups in total. The van der Waals surface area contributed by atoms with E-state index in [-0.39, 0.29) is 0 Å². The summed E-state index contributed by atoms with van der Waals surface area (Å²) in [6.07, 6.45) is 6.84. The van der Waals surface area contributed by atoms with Gasteiger partial charge in [-0.15, -0.1) is 0 Å². The van der Waals surface area contributed by atoms with Crippen molar-refractivity contribution in [1.29, 1.82) is 0 Å². The fraction of sp³-hybridized carbons (Fsp3) is 0.556. The van der Waals surface area contributed by atoms with Crippen molar-refractivity contribution in [2.45, 2.75) is 39.0 Å². The molecule has 0 radical (unpaired) electrons. The number of nitrogens with one attached hydrogen (secondary N) is 1. The lowest BCUT2D eigenvalue weighted by Gasteiger charge is -2.28. The number of hydrogen-bond donors (Lipinski definition) is 1. The van der Waals surface area contributed by atoms with E-state index in [9.17, 15) is 0 Å². The van der Waals surface area contributed by atoms with Crippen LogP contribution >= 0.6 is 0 Å². The number of rotatable bonds is 6. The highest BCUT2D eigenvalue weighted by Gasteiger charge is 2.20. The van der Waals surface area contributed by atoms with Crippen molar-refractivity contribution in [2.75, 3.05) is 19.0 Å². The van der Waals surface area contributed by atoms with Crippen molar-refractivity contribution in [3.05, 3.63) is 36.4 Å². The fourth-order valence-corrected chi connectivity index (χ4v) is 2.99. The average Bonchev–Trinajstić information content (AvgIpc) is 2.53. The van der Waals surface area contributed by atoms with Gasteiger partial charge in [0.1, 0.15) is 5.75 Å². The number of ether oxygens (including phenoxy) is 1. The Kier molecular flexibility index (Phi) is 5.51. The summed E-state index contributed by atoms with van der Waals surface area (Å²) in [4.78, 5) is 0. The van der Waals surface area contributed by atoms with Crippen LogP contribution in [0.4, 0.5) is 5.69 Å². The Labute approximate surface area is 123 Å². The van der Waals surface area contributed by atoms with Crippen LogP contribution < -0.4 is 10.1 Å². The van der Waals surface area contributed by atoms with Crippen molar-refractivity contribution in [1.82, 2.24) is 0 Å².